The Kier molecular flexibility index (Phi) is 7.25. The molecule has 11 heteroatoms. The third kappa shape index (κ3) is 5.37. The highest BCUT2D eigenvalue weighted by Crippen LogP contribution is 2.31. The number of benzene rings is 2. The third-order valence-corrected chi connectivity index (χ3v) is 7.25. The van der Waals surface area contributed by atoms with E-state index in [4.69, 9.17) is 19.4 Å². The minimum atomic E-state index is -2.69. The molecule has 0 bridgehead atoms. The van der Waals surface area contributed by atoms with Crippen molar-refractivity contribution in [1.82, 2.24) is 24.8 Å². The van der Waals surface area contributed by atoms with Gasteiger partial charge >= 0.3 is 0 Å². The van der Waals surface area contributed by atoms with E-state index in [0.717, 1.165) is 30.8 Å². The SMILES string of the molecule is COc1ccc(NC2CCN(c3nc(C4CNCCO4)nc(-n4c(C(F)F)cc5ccccc54)n3)CC2)cc1. The summed E-state index contributed by atoms with van der Waals surface area (Å²) >= 11 is 0. The maximum absolute atomic E-state index is 14.2. The summed E-state index contributed by atoms with van der Waals surface area (Å²) in [5, 5.41) is 7.60. The molecular weight excluding hydrogens is 504 g/mol. The molecule has 4 heterocycles. The molecule has 0 saturated carbocycles. The lowest BCUT2D eigenvalue weighted by molar-refractivity contribution is 0.0220. The largest absolute Gasteiger partial charge is 0.497 e. The highest BCUT2D eigenvalue weighted by Gasteiger charge is 2.27. The summed E-state index contributed by atoms with van der Waals surface area (Å²) in [7, 11) is 1.65. The van der Waals surface area contributed by atoms with Crippen molar-refractivity contribution in [2.24, 2.45) is 0 Å². The molecule has 2 saturated heterocycles. The Hall–Kier alpha value is -3.83. The zero-order valence-corrected chi connectivity index (χ0v) is 21.7. The second-order valence-corrected chi connectivity index (χ2v) is 9.76. The van der Waals surface area contributed by atoms with Crippen LogP contribution in [0.1, 0.15) is 36.9 Å². The highest BCUT2D eigenvalue weighted by molar-refractivity contribution is 5.82. The van der Waals surface area contributed by atoms with Gasteiger partial charge in [-0.1, -0.05) is 18.2 Å². The molecule has 2 aromatic carbocycles. The molecule has 2 aliphatic heterocycles. The zero-order chi connectivity index (χ0) is 26.8. The van der Waals surface area contributed by atoms with Gasteiger partial charge in [0.25, 0.3) is 6.43 Å². The van der Waals surface area contributed by atoms with E-state index in [1.54, 1.807) is 13.2 Å². The summed E-state index contributed by atoms with van der Waals surface area (Å²) in [5.41, 5.74) is 1.52. The molecule has 1 atom stereocenters. The van der Waals surface area contributed by atoms with Crippen LogP contribution in [0.2, 0.25) is 0 Å². The topological polar surface area (TPSA) is 89.4 Å². The Morgan fingerprint density at radius 3 is 2.51 bits per heavy atom. The Balaban J connectivity index is 1.30. The number of alkyl halides is 2. The molecule has 2 fully saturated rings. The summed E-state index contributed by atoms with van der Waals surface area (Å²) < 4.78 is 41.0. The number of para-hydroxylation sites is 1. The van der Waals surface area contributed by atoms with E-state index in [0.29, 0.717) is 55.0 Å². The van der Waals surface area contributed by atoms with Gasteiger partial charge in [0.15, 0.2) is 5.82 Å². The second kappa shape index (κ2) is 11.1. The molecule has 2 aromatic heterocycles. The van der Waals surface area contributed by atoms with Crippen LogP contribution < -0.4 is 20.3 Å². The van der Waals surface area contributed by atoms with Crippen LogP contribution >= 0.6 is 0 Å². The summed E-state index contributed by atoms with van der Waals surface area (Å²) in [4.78, 5) is 16.3. The van der Waals surface area contributed by atoms with Crippen LogP contribution in [0.5, 0.6) is 5.75 Å². The molecule has 9 nitrogen and oxygen atoms in total. The van der Waals surface area contributed by atoms with Crippen LogP contribution in [0.15, 0.2) is 54.6 Å². The minimum absolute atomic E-state index is 0.149. The number of piperidine rings is 1. The molecule has 0 radical (unpaired) electrons. The maximum Gasteiger partial charge on any atom is 0.278 e. The molecule has 39 heavy (non-hydrogen) atoms. The van der Waals surface area contributed by atoms with E-state index in [2.05, 4.69) is 20.5 Å². The number of nitrogens with zero attached hydrogens (tertiary/aromatic N) is 5. The van der Waals surface area contributed by atoms with E-state index in [9.17, 15) is 8.78 Å². The number of hydrogen-bond acceptors (Lipinski definition) is 8. The van der Waals surface area contributed by atoms with Crippen molar-refractivity contribution in [3.05, 3.63) is 66.1 Å². The van der Waals surface area contributed by atoms with Gasteiger partial charge in [0.2, 0.25) is 11.9 Å². The molecule has 0 amide bonds. The number of rotatable bonds is 7. The normalized spacial score (nSPS) is 18.6. The number of hydrogen-bond donors (Lipinski definition) is 2. The van der Waals surface area contributed by atoms with Crippen molar-refractivity contribution in [2.75, 3.05) is 50.1 Å². The van der Waals surface area contributed by atoms with Crippen molar-refractivity contribution in [1.29, 1.82) is 0 Å². The maximum atomic E-state index is 14.2. The highest BCUT2D eigenvalue weighted by atomic mass is 19.3. The van der Waals surface area contributed by atoms with E-state index >= 15 is 0 Å². The monoisotopic (exact) mass is 535 g/mol. The number of ether oxygens (including phenoxy) is 2. The summed E-state index contributed by atoms with van der Waals surface area (Å²) in [6.45, 7) is 3.25. The first-order valence-electron chi connectivity index (χ1n) is 13.2. The molecule has 2 N–H and O–H groups in total. The van der Waals surface area contributed by atoms with E-state index in [1.807, 2.05) is 42.5 Å². The Morgan fingerprint density at radius 2 is 1.79 bits per heavy atom. The second-order valence-electron chi connectivity index (χ2n) is 9.76. The van der Waals surface area contributed by atoms with Crippen LogP contribution in [0.25, 0.3) is 16.9 Å². The van der Waals surface area contributed by atoms with Gasteiger partial charge in [-0.15, -0.1) is 0 Å². The number of halogens is 2. The van der Waals surface area contributed by atoms with Gasteiger partial charge in [0, 0.05) is 43.3 Å². The lowest BCUT2D eigenvalue weighted by Gasteiger charge is -2.33. The number of fused-ring (bicyclic) bond motifs is 1. The van der Waals surface area contributed by atoms with Crippen LogP contribution in [-0.2, 0) is 4.74 Å². The predicted octanol–water partition coefficient (Wildman–Crippen LogP) is 4.50. The molecular formula is C28H31F2N7O2. The summed E-state index contributed by atoms with van der Waals surface area (Å²) in [5.74, 6) is 1.92. The smallest absolute Gasteiger partial charge is 0.278 e. The molecule has 2 aliphatic rings. The van der Waals surface area contributed by atoms with E-state index in [1.165, 1.54) is 10.6 Å². The first kappa shape index (κ1) is 25.4. The van der Waals surface area contributed by atoms with Crippen LogP contribution in [0.3, 0.4) is 0 Å². The van der Waals surface area contributed by atoms with Crippen LogP contribution in [-0.4, -0.2) is 65.5 Å². The lowest BCUT2D eigenvalue weighted by Crippen LogP contribution is -2.40. The standard InChI is InChI=1S/C28H31F2N7O2/c1-38-21-8-6-19(7-9-21)32-20-10-13-36(14-11-20)27-33-26(24-17-31-12-15-39-24)34-28(35-27)37-22-5-3-2-4-18(22)16-23(37)25(29)30/h2-9,16,20,24-25,31-32H,10-15,17H2,1H3. The number of nitrogens with one attached hydrogen (secondary N) is 2. The third-order valence-electron chi connectivity index (χ3n) is 7.25. The van der Waals surface area contributed by atoms with Gasteiger partial charge in [-0.25, -0.2) is 8.78 Å². The first-order valence-corrected chi connectivity index (χ1v) is 13.2. The van der Waals surface area contributed by atoms with Crippen molar-refractivity contribution in [2.45, 2.75) is 31.4 Å². The number of morpholine rings is 1. The van der Waals surface area contributed by atoms with Gasteiger partial charge in [-0.3, -0.25) is 4.57 Å². The summed E-state index contributed by atoms with van der Waals surface area (Å²) in [6, 6.07) is 17.0. The van der Waals surface area contributed by atoms with Crippen LogP contribution in [0.4, 0.5) is 20.4 Å². The Bertz CT molecular complexity index is 1420. The number of methoxy groups -OCH3 is 1. The van der Waals surface area contributed by atoms with Gasteiger partial charge in [-0.05, 0) is 49.2 Å². The zero-order valence-electron chi connectivity index (χ0n) is 21.7. The van der Waals surface area contributed by atoms with E-state index < -0.39 is 6.43 Å². The van der Waals surface area contributed by atoms with Crippen LogP contribution in [0, 0.1) is 0 Å². The molecule has 204 valence electrons. The van der Waals surface area contributed by atoms with Gasteiger partial charge in [-0.2, -0.15) is 15.0 Å². The molecule has 0 aliphatic carbocycles. The lowest BCUT2D eigenvalue weighted by atomic mass is 10.0. The Morgan fingerprint density at radius 1 is 1.03 bits per heavy atom. The van der Waals surface area contributed by atoms with Crippen molar-refractivity contribution < 1.29 is 18.3 Å². The molecule has 6 rings (SSSR count). The first-order chi connectivity index (χ1) is 19.1. The average Bonchev–Trinajstić information content (AvgIpc) is 3.38. The quantitative estimate of drug-likeness (QED) is 0.358. The molecule has 4 aromatic rings. The predicted molar refractivity (Wildman–Crippen MR) is 145 cm³/mol. The Labute approximate surface area is 225 Å². The number of anilines is 2. The fourth-order valence-electron chi connectivity index (χ4n) is 5.19. The fraction of sp³-hybridized carbons (Fsp3) is 0.393. The fourth-order valence-corrected chi connectivity index (χ4v) is 5.19. The van der Waals surface area contributed by atoms with Gasteiger partial charge in [0.05, 0.1) is 24.9 Å². The minimum Gasteiger partial charge on any atom is -0.497 e. The summed E-state index contributed by atoms with van der Waals surface area (Å²) in [6.07, 6.45) is -1.32. The van der Waals surface area contributed by atoms with E-state index in [-0.39, 0.29) is 17.7 Å². The van der Waals surface area contributed by atoms with Gasteiger partial charge < -0.3 is 25.0 Å². The van der Waals surface area contributed by atoms with Gasteiger partial charge in [0.1, 0.15) is 11.9 Å². The van der Waals surface area contributed by atoms with Crippen molar-refractivity contribution in [3.63, 3.8) is 0 Å². The van der Waals surface area contributed by atoms with Crippen molar-refractivity contribution >= 4 is 22.5 Å². The average molecular weight is 536 g/mol. The number of aromatic nitrogens is 4. The molecule has 0 spiro atoms. The van der Waals surface area contributed by atoms with Crippen molar-refractivity contribution in [3.8, 4) is 11.7 Å². The molecule has 1 unspecified atom stereocenters.